The summed E-state index contributed by atoms with van der Waals surface area (Å²) in [7, 11) is 0. The van der Waals surface area contributed by atoms with Gasteiger partial charge in [-0.25, -0.2) is 9.98 Å². The van der Waals surface area contributed by atoms with Crippen LogP contribution >= 0.6 is 22.7 Å². The molecule has 0 saturated heterocycles. The topological polar surface area (TPSA) is 57.9 Å². The third-order valence-electron chi connectivity index (χ3n) is 6.11. The van der Waals surface area contributed by atoms with E-state index in [2.05, 4.69) is 34.4 Å². The molecule has 4 rings (SSSR count). The number of hydrogen-bond acceptors (Lipinski definition) is 6. The van der Waals surface area contributed by atoms with Crippen molar-refractivity contribution in [1.29, 1.82) is 0 Å². The third kappa shape index (κ3) is 5.43. The zero-order valence-electron chi connectivity index (χ0n) is 18.6. The molecule has 33 heavy (non-hydrogen) atoms. The lowest BCUT2D eigenvalue weighted by atomic mass is 9.85. The molecule has 2 unspecified atom stereocenters. The van der Waals surface area contributed by atoms with Crippen LogP contribution in [0.3, 0.4) is 0 Å². The first-order valence-electron chi connectivity index (χ1n) is 10.8. The summed E-state index contributed by atoms with van der Waals surface area (Å²) in [6, 6.07) is 2.19. The highest BCUT2D eigenvalue weighted by Crippen LogP contribution is 2.34. The summed E-state index contributed by atoms with van der Waals surface area (Å²) in [5, 5.41) is 1.33. The van der Waals surface area contributed by atoms with Gasteiger partial charge in [-0.05, 0) is 55.7 Å². The Morgan fingerprint density at radius 2 is 2.03 bits per heavy atom. The van der Waals surface area contributed by atoms with E-state index in [1.807, 2.05) is 18.7 Å². The largest absolute Gasteiger partial charge is 0.443 e. The number of nitrogens with zero attached hydrogens (tertiary/aromatic N) is 4. The SMILES string of the molecule is CC1=NC(N2CC=C(c3csc(C)c3)CC2)=NC(=O)C(C)C1CCc1cnc(C(F)(F)F)s1. The zero-order chi connectivity index (χ0) is 23.8. The Labute approximate surface area is 198 Å². The second-order valence-corrected chi connectivity index (χ2v) is 10.7. The van der Waals surface area contributed by atoms with Crippen LogP contribution in [0.4, 0.5) is 13.2 Å². The summed E-state index contributed by atoms with van der Waals surface area (Å²) in [5.74, 6) is -0.370. The molecule has 0 fully saturated rings. The summed E-state index contributed by atoms with van der Waals surface area (Å²) < 4.78 is 38.5. The van der Waals surface area contributed by atoms with E-state index in [1.54, 1.807) is 11.3 Å². The molecule has 0 aliphatic carbocycles. The third-order valence-corrected chi connectivity index (χ3v) is 8.07. The minimum Gasteiger partial charge on any atom is -0.337 e. The lowest BCUT2D eigenvalue weighted by molar-refractivity contribution is -0.137. The van der Waals surface area contributed by atoms with Crippen molar-refractivity contribution in [3.05, 3.63) is 44.0 Å². The Kier molecular flexibility index (Phi) is 6.86. The monoisotopic (exact) mass is 494 g/mol. The van der Waals surface area contributed by atoms with E-state index in [0.717, 1.165) is 18.7 Å². The van der Waals surface area contributed by atoms with Gasteiger partial charge in [0.15, 0.2) is 5.01 Å². The lowest BCUT2D eigenvalue weighted by Crippen LogP contribution is -2.34. The fraction of sp³-hybridized carbons (Fsp3) is 0.478. The van der Waals surface area contributed by atoms with Crippen molar-refractivity contribution in [2.24, 2.45) is 21.8 Å². The zero-order valence-corrected chi connectivity index (χ0v) is 20.3. The highest BCUT2D eigenvalue weighted by atomic mass is 32.1. The second kappa shape index (κ2) is 9.50. The van der Waals surface area contributed by atoms with Crippen LogP contribution in [0.5, 0.6) is 0 Å². The lowest BCUT2D eigenvalue weighted by Gasteiger charge is -2.27. The van der Waals surface area contributed by atoms with E-state index in [1.165, 1.54) is 22.2 Å². The van der Waals surface area contributed by atoms with Crippen molar-refractivity contribution in [2.45, 2.75) is 46.2 Å². The maximum Gasteiger partial charge on any atom is 0.443 e. The number of carbonyl (C=O) groups is 1. The Morgan fingerprint density at radius 1 is 1.24 bits per heavy atom. The van der Waals surface area contributed by atoms with Crippen LogP contribution in [-0.4, -0.2) is 40.6 Å². The second-order valence-electron chi connectivity index (χ2n) is 8.44. The van der Waals surface area contributed by atoms with Crippen molar-refractivity contribution >= 4 is 45.8 Å². The average molecular weight is 495 g/mol. The van der Waals surface area contributed by atoms with Crippen molar-refractivity contribution in [3.63, 3.8) is 0 Å². The van der Waals surface area contributed by atoms with Gasteiger partial charge < -0.3 is 4.90 Å². The summed E-state index contributed by atoms with van der Waals surface area (Å²) >= 11 is 2.39. The molecule has 0 spiro atoms. The molecule has 10 heteroatoms. The quantitative estimate of drug-likeness (QED) is 0.535. The number of rotatable bonds is 4. The fourth-order valence-corrected chi connectivity index (χ4v) is 5.70. The Morgan fingerprint density at radius 3 is 2.64 bits per heavy atom. The van der Waals surface area contributed by atoms with Gasteiger partial charge in [-0.2, -0.15) is 18.2 Å². The molecule has 2 atom stereocenters. The number of carbonyl (C=O) groups excluding carboxylic acids is 1. The maximum atomic E-state index is 12.8. The molecule has 0 saturated carbocycles. The molecule has 5 nitrogen and oxygen atoms in total. The van der Waals surface area contributed by atoms with Crippen molar-refractivity contribution < 1.29 is 18.0 Å². The summed E-state index contributed by atoms with van der Waals surface area (Å²) in [5.41, 5.74) is 3.34. The van der Waals surface area contributed by atoms with E-state index >= 15 is 0 Å². The highest BCUT2D eigenvalue weighted by Gasteiger charge is 2.35. The number of aromatic nitrogens is 1. The molecule has 0 aromatic carbocycles. The molecular formula is C23H25F3N4OS2. The normalized spacial score (nSPS) is 22.1. The molecule has 0 bridgehead atoms. The van der Waals surface area contributed by atoms with E-state index in [9.17, 15) is 18.0 Å². The molecule has 2 aliphatic heterocycles. The number of halogens is 3. The van der Waals surface area contributed by atoms with E-state index in [0.29, 0.717) is 41.6 Å². The van der Waals surface area contributed by atoms with Gasteiger partial charge in [0.2, 0.25) is 5.96 Å². The number of alkyl halides is 3. The van der Waals surface area contributed by atoms with Gasteiger partial charge in [-0.3, -0.25) is 4.79 Å². The number of guanidine groups is 1. The van der Waals surface area contributed by atoms with Crippen molar-refractivity contribution in [2.75, 3.05) is 13.1 Å². The first-order valence-corrected chi connectivity index (χ1v) is 12.5. The van der Waals surface area contributed by atoms with Gasteiger partial charge in [0.25, 0.3) is 5.91 Å². The Hall–Kier alpha value is -2.33. The van der Waals surface area contributed by atoms with Crippen LogP contribution in [-0.2, 0) is 17.4 Å². The summed E-state index contributed by atoms with van der Waals surface area (Å²) in [6.45, 7) is 7.15. The van der Waals surface area contributed by atoms with Crippen molar-refractivity contribution in [1.82, 2.24) is 9.88 Å². The first-order chi connectivity index (χ1) is 15.6. The van der Waals surface area contributed by atoms with Crippen LogP contribution in [0.15, 0.2) is 33.7 Å². The van der Waals surface area contributed by atoms with Crippen molar-refractivity contribution in [3.8, 4) is 0 Å². The Bertz CT molecular complexity index is 1130. The Balaban J connectivity index is 1.45. The smallest absolute Gasteiger partial charge is 0.337 e. The molecule has 0 radical (unpaired) electrons. The van der Waals surface area contributed by atoms with Crippen LogP contribution in [0.25, 0.3) is 5.57 Å². The standard InChI is InChI=1S/C23H25F3N4OS2/c1-13-10-17(12-32-13)16-6-8-30(9-7-16)22-28-15(3)19(14(2)20(31)29-22)5-4-18-11-27-21(33-18)23(24,25)26/h6,10-12,14,19H,4-5,7-9H2,1-3H3. The number of thiophene rings is 1. The fourth-order valence-electron chi connectivity index (χ4n) is 4.18. The van der Waals surface area contributed by atoms with Gasteiger partial charge in [0, 0.05) is 46.6 Å². The maximum absolute atomic E-state index is 12.8. The summed E-state index contributed by atoms with van der Waals surface area (Å²) in [4.78, 5) is 29.1. The van der Waals surface area contributed by atoms with Crippen LogP contribution in [0.1, 0.15) is 47.0 Å². The molecule has 2 aromatic rings. The summed E-state index contributed by atoms with van der Waals surface area (Å²) in [6.07, 6.45) is 0.790. The first kappa shape index (κ1) is 23.8. The minimum absolute atomic E-state index is 0.181. The van der Waals surface area contributed by atoms with Crippen LogP contribution < -0.4 is 0 Å². The predicted molar refractivity (Wildman–Crippen MR) is 127 cm³/mol. The van der Waals surface area contributed by atoms with Gasteiger partial charge in [-0.1, -0.05) is 13.0 Å². The van der Waals surface area contributed by atoms with Crippen LogP contribution in [0, 0.1) is 18.8 Å². The molecule has 2 aliphatic rings. The highest BCUT2D eigenvalue weighted by molar-refractivity contribution is 7.11. The number of thiazole rings is 1. The predicted octanol–water partition coefficient (Wildman–Crippen LogP) is 5.86. The van der Waals surface area contributed by atoms with Gasteiger partial charge in [-0.15, -0.1) is 22.7 Å². The minimum atomic E-state index is -4.43. The van der Waals surface area contributed by atoms with Gasteiger partial charge in [0.1, 0.15) is 0 Å². The molecule has 2 aromatic heterocycles. The number of aliphatic imine (C=N–C) groups is 2. The number of hydrogen-bond donors (Lipinski definition) is 0. The molecule has 0 N–H and O–H groups in total. The van der Waals surface area contributed by atoms with E-state index < -0.39 is 11.2 Å². The average Bonchev–Trinajstić information content (AvgIpc) is 3.40. The van der Waals surface area contributed by atoms with E-state index in [-0.39, 0.29) is 17.7 Å². The van der Waals surface area contributed by atoms with Gasteiger partial charge in [0.05, 0.1) is 0 Å². The molecule has 4 heterocycles. The molecule has 176 valence electrons. The molecular weight excluding hydrogens is 469 g/mol. The number of aryl methyl sites for hydroxylation is 2. The number of amides is 1. The molecule has 1 amide bonds. The van der Waals surface area contributed by atoms with Crippen LogP contribution in [0.2, 0.25) is 0 Å². The van der Waals surface area contributed by atoms with Gasteiger partial charge >= 0.3 is 6.18 Å². The van der Waals surface area contributed by atoms with E-state index in [4.69, 9.17) is 4.99 Å².